The number of morpholine rings is 1. The summed E-state index contributed by atoms with van der Waals surface area (Å²) in [6.45, 7) is 2.48. The molecule has 0 radical (unpaired) electrons. The van der Waals surface area contributed by atoms with E-state index in [0.29, 0.717) is 18.0 Å². The lowest BCUT2D eigenvalue weighted by Crippen LogP contribution is -2.42. The van der Waals surface area contributed by atoms with Crippen LogP contribution in [0.1, 0.15) is 0 Å². The van der Waals surface area contributed by atoms with E-state index in [4.69, 9.17) is 10.5 Å². The molecule has 1 aromatic carbocycles. The van der Waals surface area contributed by atoms with E-state index in [1.807, 2.05) is 6.07 Å². The largest absolute Gasteiger partial charge is 0.399 e. The van der Waals surface area contributed by atoms with E-state index in [1.165, 1.54) is 0 Å². The van der Waals surface area contributed by atoms with Crippen LogP contribution in [0.4, 0.5) is 5.69 Å². The zero-order valence-corrected chi connectivity index (χ0v) is 12.7. The summed E-state index contributed by atoms with van der Waals surface area (Å²) in [4.78, 5) is 2.98. The van der Waals surface area contributed by atoms with Crippen LogP contribution in [0.3, 0.4) is 0 Å². The van der Waals surface area contributed by atoms with Gasteiger partial charge in [-0.25, -0.2) is 0 Å². The molecule has 2 N–H and O–H groups in total. The summed E-state index contributed by atoms with van der Waals surface area (Å²) in [5.74, 6) is 0.521. The van der Waals surface area contributed by atoms with Gasteiger partial charge in [-0.1, -0.05) is 0 Å². The molecule has 1 aliphatic heterocycles. The van der Waals surface area contributed by atoms with Gasteiger partial charge in [-0.15, -0.1) is 0 Å². The van der Waals surface area contributed by atoms with Crippen LogP contribution in [0.25, 0.3) is 0 Å². The Morgan fingerprint density at radius 3 is 3.06 bits per heavy atom. The van der Waals surface area contributed by atoms with Gasteiger partial charge in [-0.3, -0.25) is 4.21 Å². The van der Waals surface area contributed by atoms with Crippen LogP contribution in [0.5, 0.6) is 0 Å². The molecule has 18 heavy (non-hydrogen) atoms. The summed E-state index contributed by atoms with van der Waals surface area (Å²) in [7, 11) is 0.983. The Bertz CT molecular complexity index is 456. The molecule has 0 spiro atoms. The lowest BCUT2D eigenvalue weighted by Gasteiger charge is -2.29. The fraction of sp³-hybridized carbons (Fsp3) is 0.500. The maximum absolute atomic E-state index is 12.3. The number of likely N-dealkylation sites (N-methyl/N-ethyl adjacent to an activating group) is 1. The molecule has 2 unspecified atom stereocenters. The van der Waals surface area contributed by atoms with Crippen LogP contribution in [-0.2, 0) is 15.5 Å². The third kappa shape index (κ3) is 3.54. The van der Waals surface area contributed by atoms with Gasteiger partial charge in [0.2, 0.25) is 0 Å². The van der Waals surface area contributed by atoms with Crippen molar-refractivity contribution in [3.63, 3.8) is 0 Å². The predicted octanol–water partition coefficient (Wildman–Crippen LogP) is 1.47. The first-order chi connectivity index (χ1) is 8.56. The molecule has 0 amide bonds. The van der Waals surface area contributed by atoms with Crippen LogP contribution in [0, 0.1) is 0 Å². The Morgan fingerprint density at radius 2 is 2.39 bits per heavy atom. The Labute approximate surface area is 118 Å². The van der Waals surface area contributed by atoms with Gasteiger partial charge in [0.1, 0.15) is 0 Å². The van der Waals surface area contributed by atoms with Gasteiger partial charge in [0.15, 0.2) is 0 Å². The minimum atomic E-state index is -1.07. The van der Waals surface area contributed by atoms with E-state index in [1.54, 1.807) is 12.1 Å². The first kappa shape index (κ1) is 14.0. The zero-order valence-electron chi connectivity index (χ0n) is 10.3. The lowest BCUT2D eigenvalue weighted by atomic mass is 10.3. The minimum absolute atomic E-state index is 0.0361. The van der Waals surface area contributed by atoms with E-state index >= 15 is 0 Å². The number of benzene rings is 1. The van der Waals surface area contributed by atoms with Gasteiger partial charge < -0.3 is 15.4 Å². The summed E-state index contributed by atoms with van der Waals surface area (Å²) in [5, 5.41) is 0. The van der Waals surface area contributed by atoms with Gasteiger partial charge in [0.05, 0.1) is 34.2 Å². The fourth-order valence-electron chi connectivity index (χ4n) is 1.93. The summed E-state index contributed by atoms with van der Waals surface area (Å²) in [6.07, 6.45) is 0.0361. The van der Waals surface area contributed by atoms with E-state index in [-0.39, 0.29) is 6.10 Å². The molecule has 2 atom stereocenters. The van der Waals surface area contributed by atoms with Crippen molar-refractivity contribution in [2.24, 2.45) is 0 Å². The number of hydrogen-bond acceptors (Lipinski definition) is 4. The maximum atomic E-state index is 12.3. The van der Waals surface area contributed by atoms with Crippen molar-refractivity contribution >= 4 is 32.4 Å². The average Bonchev–Trinajstić information content (AvgIpc) is 2.28. The molecule has 0 aromatic heterocycles. The second-order valence-electron chi connectivity index (χ2n) is 4.46. The van der Waals surface area contributed by atoms with Crippen LogP contribution in [-0.4, -0.2) is 47.7 Å². The first-order valence-electron chi connectivity index (χ1n) is 5.80. The Morgan fingerprint density at radius 1 is 1.61 bits per heavy atom. The highest BCUT2D eigenvalue weighted by atomic mass is 79.9. The van der Waals surface area contributed by atoms with Crippen molar-refractivity contribution in [1.82, 2.24) is 4.90 Å². The topological polar surface area (TPSA) is 55.6 Å². The SMILES string of the molecule is CN1CCOC(CS(=O)c2ccc(N)cc2Br)C1. The van der Waals surface area contributed by atoms with E-state index in [2.05, 4.69) is 27.9 Å². The molecule has 4 nitrogen and oxygen atoms in total. The molecule has 1 saturated heterocycles. The number of halogens is 1. The van der Waals surface area contributed by atoms with Crippen molar-refractivity contribution in [2.75, 3.05) is 38.2 Å². The predicted molar refractivity (Wildman–Crippen MR) is 77.1 cm³/mol. The number of nitrogens with zero attached hydrogens (tertiary/aromatic N) is 1. The van der Waals surface area contributed by atoms with Crippen molar-refractivity contribution in [3.05, 3.63) is 22.7 Å². The molecule has 6 heteroatoms. The lowest BCUT2D eigenvalue weighted by molar-refractivity contribution is -0.00641. The van der Waals surface area contributed by atoms with Gasteiger partial charge >= 0.3 is 0 Å². The zero-order chi connectivity index (χ0) is 13.1. The molecule has 1 heterocycles. The quantitative estimate of drug-likeness (QED) is 0.851. The van der Waals surface area contributed by atoms with Crippen LogP contribution < -0.4 is 5.73 Å². The molecule has 0 saturated carbocycles. The van der Waals surface area contributed by atoms with Crippen LogP contribution >= 0.6 is 15.9 Å². The molecule has 1 fully saturated rings. The van der Waals surface area contributed by atoms with Crippen molar-refractivity contribution < 1.29 is 8.95 Å². The number of hydrogen-bond donors (Lipinski definition) is 1. The van der Waals surface area contributed by atoms with Gasteiger partial charge in [-0.05, 0) is 41.2 Å². The first-order valence-corrected chi connectivity index (χ1v) is 7.91. The minimum Gasteiger partial charge on any atom is -0.399 e. The Hall–Kier alpha value is -0.430. The van der Waals surface area contributed by atoms with Gasteiger partial charge in [0.25, 0.3) is 0 Å². The summed E-state index contributed by atoms with van der Waals surface area (Å²) in [6, 6.07) is 5.36. The third-order valence-corrected chi connectivity index (χ3v) is 5.32. The standard InChI is InChI=1S/C12H17BrN2O2S/c1-15-4-5-17-10(7-15)8-18(16)12-3-2-9(14)6-11(12)13/h2-3,6,10H,4-5,7-8,14H2,1H3. The molecule has 0 aliphatic carbocycles. The summed E-state index contributed by atoms with van der Waals surface area (Å²) < 4.78 is 18.7. The van der Waals surface area contributed by atoms with E-state index in [9.17, 15) is 4.21 Å². The highest BCUT2D eigenvalue weighted by Gasteiger charge is 2.21. The smallest absolute Gasteiger partial charge is 0.0821 e. The molecule has 2 rings (SSSR count). The van der Waals surface area contributed by atoms with Crippen LogP contribution in [0.15, 0.2) is 27.6 Å². The monoisotopic (exact) mass is 332 g/mol. The average molecular weight is 333 g/mol. The highest BCUT2D eigenvalue weighted by Crippen LogP contribution is 2.24. The number of nitrogens with two attached hydrogens (primary N) is 1. The van der Waals surface area contributed by atoms with Crippen molar-refractivity contribution in [3.8, 4) is 0 Å². The number of nitrogen functional groups attached to an aromatic ring is 1. The summed E-state index contributed by atoms with van der Waals surface area (Å²) in [5.41, 5.74) is 6.33. The maximum Gasteiger partial charge on any atom is 0.0821 e. The molecule has 0 bridgehead atoms. The second-order valence-corrected chi connectivity index (χ2v) is 6.78. The van der Waals surface area contributed by atoms with Gasteiger partial charge in [0, 0.05) is 23.2 Å². The highest BCUT2D eigenvalue weighted by molar-refractivity contribution is 9.10. The number of ether oxygens (including phenoxy) is 1. The molecule has 100 valence electrons. The third-order valence-electron chi connectivity index (χ3n) is 2.88. The summed E-state index contributed by atoms with van der Waals surface area (Å²) >= 11 is 3.40. The van der Waals surface area contributed by atoms with Crippen LogP contribution in [0.2, 0.25) is 0 Å². The normalized spacial score (nSPS) is 22.9. The molecular weight excluding hydrogens is 316 g/mol. The second kappa shape index (κ2) is 6.14. The van der Waals surface area contributed by atoms with Gasteiger partial charge in [-0.2, -0.15) is 0 Å². The number of rotatable bonds is 3. The van der Waals surface area contributed by atoms with E-state index < -0.39 is 10.8 Å². The molecule has 1 aliphatic rings. The Balaban J connectivity index is 2.03. The molecular formula is C12H17BrN2O2S. The molecule has 1 aromatic rings. The van der Waals surface area contributed by atoms with E-state index in [0.717, 1.165) is 22.5 Å². The fourth-order valence-corrected chi connectivity index (χ4v) is 4.08. The van der Waals surface area contributed by atoms with Crippen molar-refractivity contribution in [1.29, 1.82) is 0 Å². The van der Waals surface area contributed by atoms with Crippen molar-refractivity contribution in [2.45, 2.75) is 11.0 Å². The Kier molecular flexibility index (Phi) is 4.77. The number of anilines is 1.